The lowest BCUT2D eigenvalue weighted by Crippen LogP contribution is -2.30. The third kappa shape index (κ3) is 6.81. The molecule has 0 heterocycles. The molecular weight excluding hydrogens is 174 g/mol. The molecule has 0 bridgehead atoms. The van der Waals surface area contributed by atoms with Gasteiger partial charge in [0.15, 0.2) is 0 Å². The Morgan fingerprint density at radius 2 is 2.27 bits per heavy atom. The maximum absolute atomic E-state index is 10.3. The monoisotopic (exact) mass is 181 g/mol. The van der Waals surface area contributed by atoms with Crippen molar-refractivity contribution in [3.8, 4) is 0 Å². The summed E-state index contributed by atoms with van der Waals surface area (Å²) in [6, 6.07) is 0. The highest BCUT2D eigenvalue weighted by Crippen LogP contribution is 1.80. The Kier molecular flexibility index (Phi) is 3.55. The van der Waals surface area contributed by atoms with Crippen molar-refractivity contribution in [2.45, 2.75) is 0 Å². The number of hydrogen-bond acceptors (Lipinski definition) is 4. The van der Waals surface area contributed by atoms with E-state index in [0.717, 1.165) is 0 Å². The van der Waals surface area contributed by atoms with Gasteiger partial charge in [-0.15, -0.1) is 0 Å². The van der Waals surface area contributed by atoms with Gasteiger partial charge in [0.25, 0.3) is 0 Å². The summed E-state index contributed by atoms with van der Waals surface area (Å²) < 4.78 is 33.2. The molecule has 0 aromatic carbocycles. The Morgan fingerprint density at radius 3 is 2.64 bits per heavy atom. The van der Waals surface area contributed by atoms with Crippen molar-refractivity contribution in [3.05, 3.63) is 12.7 Å². The van der Waals surface area contributed by atoms with Gasteiger partial charge in [0.2, 0.25) is 0 Å². The molecule has 0 spiro atoms. The van der Waals surface area contributed by atoms with Crippen LogP contribution in [0.2, 0.25) is 0 Å². The van der Waals surface area contributed by atoms with Crippen LogP contribution in [0.15, 0.2) is 12.7 Å². The van der Waals surface area contributed by atoms with E-state index in [1.165, 1.54) is 10.8 Å². The largest absolute Gasteiger partial charge is 0.445 e. The van der Waals surface area contributed by atoms with E-state index in [-0.39, 0.29) is 6.61 Å². The summed E-state index contributed by atoms with van der Waals surface area (Å²) in [4.78, 5) is 10.3. The molecule has 0 aliphatic rings. The van der Waals surface area contributed by atoms with Crippen molar-refractivity contribution in [2.24, 2.45) is 0 Å². The van der Waals surface area contributed by atoms with Crippen molar-refractivity contribution in [2.75, 3.05) is 6.61 Å². The first-order valence-electron chi connectivity index (χ1n) is 2.48. The Morgan fingerprint density at radius 1 is 1.73 bits per heavy atom. The quantitative estimate of drug-likeness (QED) is 0.460. The van der Waals surface area contributed by atoms with E-state index in [2.05, 4.69) is 11.3 Å². The SMILES string of the molecule is C=CCOC(=O)NS(=O)(=O)O. The number of nitrogens with one attached hydrogen (secondary N) is 1. The molecular formula is C4H7NO5S. The molecule has 11 heavy (non-hydrogen) atoms. The summed E-state index contributed by atoms with van der Waals surface area (Å²) in [5, 5.41) is 0. The zero-order valence-electron chi connectivity index (χ0n) is 5.48. The molecule has 0 aliphatic heterocycles. The summed E-state index contributed by atoms with van der Waals surface area (Å²) in [6.45, 7) is 3.09. The number of hydrogen-bond donors (Lipinski definition) is 2. The molecule has 0 aromatic heterocycles. The standard InChI is InChI=1S/C4H7NO5S/c1-2-3-10-4(6)5-11(7,8)9/h2H,1,3H2,(H,5,6)(H,7,8,9). The number of amides is 1. The van der Waals surface area contributed by atoms with Crippen LogP contribution in [0.1, 0.15) is 0 Å². The first kappa shape index (κ1) is 9.92. The molecule has 64 valence electrons. The maximum Gasteiger partial charge on any atom is 0.423 e. The van der Waals surface area contributed by atoms with E-state index in [1.807, 2.05) is 0 Å². The van der Waals surface area contributed by atoms with Gasteiger partial charge in [0, 0.05) is 0 Å². The fraction of sp³-hybridized carbons (Fsp3) is 0.250. The van der Waals surface area contributed by atoms with Gasteiger partial charge in [-0.1, -0.05) is 12.7 Å². The predicted molar refractivity (Wildman–Crippen MR) is 36.2 cm³/mol. The summed E-state index contributed by atoms with van der Waals surface area (Å²) in [5.74, 6) is 0. The zero-order chi connectivity index (χ0) is 8.91. The smallest absolute Gasteiger partial charge is 0.423 e. The molecule has 0 aliphatic carbocycles. The van der Waals surface area contributed by atoms with E-state index in [4.69, 9.17) is 4.55 Å². The van der Waals surface area contributed by atoms with Crippen molar-refractivity contribution in [3.63, 3.8) is 0 Å². The molecule has 0 radical (unpaired) electrons. The second-order valence-electron chi connectivity index (χ2n) is 1.46. The zero-order valence-corrected chi connectivity index (χ0v) is 6.30. The van der Waals surface area contributed by atoms with E-state index in [0.29, 0.717) is 0 Å². The minimum absolute atomic E-state index is 0.124. The lowest BCUT2D eigenvalue weighted by Gasteiger charge is -1.99. The lowest BCUT2D eigenvalue weighted by molar-refractivity contribution is 0.164. The fourth-order valence-electron chi connectivity index (χ4n) is 0.269. The second-order valence-corrected chi connectivity index (χ2v) is 2.62. The number of carbonyl (C=O) groups is 1. The van der Waals surface area contributed by atoms with Gasteiger partial charge in [-0.25, -0.2) is 4.79 Å². The van der Waals surface area contributed by atoms with Crippen molar-refractivity contribution in [1.82, 2.24) is 4.72 Å². The first-order chi connectivity index (χ1) is 4.95. The van der Waals surface area contributed by atoms with Crippen LogP contribution in [0.5, 0.6) is 0 Å². The van der Waals surface area contributed by atoms with Crippen LogP contribution < -0.4 is 4.72 Å². The molecule has 0 unspecified atom stereocenters. The minimum atomic E-state index is -4.51. The highest BCUT2D eigenvalue weighted by Gasteiger charge is 2.09. The van der Waals surface area contributed by atoms with E-state index >= 15 is 0 Å². The average molecular weight is 181 g/mol. The van der Waals surface area contributed by atoms with Gasteiger partial charge in [-0.2, -0.15) is 13.1 Å². The highest BCUT2D eigenvalue weighted by atomic mass is 32.2. The van der Waals surface area contributed by atoms with Gasteiger partial charge in [-0.05, 0) is 0 Å². The van der Waals surface area contributed by atoms with Gasteiger partial charge >= 0.3 is 16.4 Å². The van der Waals surface area contributed by atoms with Crippen LogP contribution in [0.25, 0.3) is 0 Å². The summed E-state index contributed by atoms with van der Waals surface area (Å²) >= 11 is 0. The van der Waals surface area contributed by atoms with Gasteiger partial charge in [0.1, 0.15) is 6.61 Å². The van der Waals surface area contributed by atoms with Gasteiger partial charge in [-0.3, -0.25) is 4.55 Å². The normalized spacial score (nSPS) is 10.3. The molecule has 0 fully saturated rings. The molecule has 1 amide bonds. The van der Waals surface area contributed by atoms with Crippen molar-refractivity contribution < 1.29 is 22.5 Å². The molecule has 0 aromatic rings. The van der Waals surface area contributed by atoms with Gasteiger partial charge < -0.3 is 4.74 Å². The third-order valence-corrected chi connectivity index (χ3v) is 0.969. The van der Waals surface area contributed by atoms with Crippen LogP contribution in [0.4, 0.5) is 4.79 Å². The molecule has 0 rings (SSSR count). The molecule has 7 heteroatoms. The lowest BCUT2D eigenvalue weighted by atomic mass is 10.7. The van der Waals surface area contributed by atoms with Crippen LogP contribution in [-0.2, 0) is 15.0 Å². The Bertz CT molecular complexity index is 243. The van der Waals surface area contributed by atoms with Gasteiger partial charge in [0.05, 0.1) is 0 Å². The topological polar surface area (TPSA) is 92.7 Å². The summed E-state index contributed by atoms with van der Waals surface area (Å²) in [7, 11) is -4.51. The fourth-order valence-corrected chi connectivity index (χ4v) is 0.539. The Balaban J connectivity index is 3.80. The van der Waals surface area contributed by atoms with E-state index < -0.39 is 16.4 Å². The predicted octanol–water partition coefficient (Wildman–Crippen LogP) is -0.299. The second kappa shape index (κ2) is 3.94. The van der Waals surface area contributed by atoms with E-state index in [1.54, 1.807) is 0 Å². The Hall–Kier alpha value is -1.08. The molecule has 6 nitrogen and oxygen atoms in total. The van der Waals surface area contributed by atoms with Crippen LogP contribution >= 0.6 is 0 Å². The first-order valence-corrected chi connectivity index (χ1v) is 3.92. The molecule has 0 atom stereocenters. The molecule has 0 saturated carbocycles. The number of carbonyl (C=O) groups excluding carboxylic acids is 1. The minimum Gasteiger partial charge on any atom is -0.445 e. The van der Waals surface area contributed by atoms with Crippen LogP contribution in [-0.4, -0.2) is 25.7 Å². The van der Waals surface area contributed by atoms with Crippen LogP contribution in [0.3, 0.4) is 0 Å². The van der Waals surface area contributed by atoms with E-state index in [9.17, 15) is 13.2 Å². The van der Waals surface area contributed by atoms with Crippen molar-refractivity contribution >= 4 is 16.4 Å². The Labute approximate surface area is 63.7 Å². The third-order valence-electron chi connectivity index (χ3n) is 0.545. The highest BCUT2D eigenvalue weighted by molar-refractivity contribution is 7.84. The molecule has 0 saturated heterocycles. The van der Waals surface area contributed by atoms with Crippen molar-refractivity contribution in [1.29, 1.82) is 0 Å². The summed E-state index contributed by atoms with van der Waals surface area (Å²) in [5.41, 5.74) is 0. The summed E-state index contributed by atoms with van der Waals surface area (Å²) in [6.07, 6.45) is 0.0104. The number of ether oxygens (including phenoxy) is 1. The van der Waals surface area contributed by atoms with Crippen LogP contribution in [0, 0.1) is 0 Å². The number of rotatable bonds is 3. The average Bonchev–Trinajstić information content (AvgIpc) is 1.79. The molecule has 2 N–H and O–H groups in total. The maximum atomic E-state index is 10.3.